The van der Waals surface area contributed by atoms with Crippen molar-refractivity contribution in [2.75, 3.05) is 5.32 Å². The van der Waals surface area contributed by atoms with Gasteiger partial charge in [0.05, 0.1) is 5.69 Å². The Morgan fingerprint density at radius 1 is 1.10 bits per heavy atom. The maximum atomic E-state index is 13.2. The lowest BCUT2D eigenvalue weighted by molar-refractivity contribution is -0.120. The first kappa shape index (κ1) is 21.2. The van der Waals surface area contributed by atoms with Gasteiger partial charge >= 0.3 is 11.8 Å². The van der Waals surface area contributed by atoms with Gasteiger partial charge in [0.1, 0.15) is 11.6 Å². The van der Waals surface area contributed by atoms with Gasteiger partial charge in [-0.15, -0.1) is 0 Å². The van der Waals surface area contributed by atoms with Crippen LogP contribution in [0.15, 0.2) is 41.5 Å². The Balaban J connectivity index is 1.49. The second-order valence-electron chi connectivity index (χ2n) is 9.55. The Morgan fingerprint density at radius 2 is 1.71 bits per heavy atom. The summed E-state index contributed by atoms with van der Waals surface area (Å²) in [4.78, 5) is 40.1. The number of carbonyl (C=O) groups is 2. The number of alkyl carbamates (subject to hydrolysis) is 1. The molecule has 2 saturated carbocycles. The number of aromatic nitrogens is 2. The molecule has 0 saturated heterocycles. The number of aromatic amines is 1. The Hall–Kier alpha value is -3.03. The van der Waals surface area contributed by atoms with E-state index in [1.165, 1.54) is 4.57 Å². The zero-order valence-electron chi connectivity index (χ0n) is 18.2. The molecule has 31 heavy (non-hydrogen) atoms. The maximum absolute atomic E-state index is 13.2. The lowest BCUT2D eigenvalue weighted by Crippen LogP contribution is -2.51. The van der Waals surface area contributed by atoms with Gasteiger partial charge in [0.15, 0.2) is 0 Å². The third kappa shape index (κ3) is 5.37. The number of rotatable bonds is 7. The molecule has 0 aliphatic heterocycles. The molecule has 4 rings (SSSR count). The molecule has 0 spiro atoms. The summed E-state index contributed by atoms with van der Waals surface area (Å²) in [5.74, 6) is 0.841. The number of amides is 2. The molecule has 0 unspecified atom stereocenters. The molecule has 2 aliphatic carbocycles. The number of carbonyl (C=O) groups excluding carboxylic acids is 2. The molecule has 1 aromatic carbocycles. The van der Waals surface area contributed by atoms with Crippen molar-refractivity contribution in [2.45, 2.75) is 58.1 Å². The first-order valence-electron chi connectivity index (χ1n) is 10.9. The molecule has 8 heteroatoms. The lowest BCUT2D eigenvalue weighted by atomic mass is 9.88. The average Bonchev–Trinajstić information content (AvgIpc) is 3.61. The summed E-state index contributed by atoms with van der Waals surface area (Å²) in [6, 6.07) is 6.39. The van der Waals surface area contributed by atoms with E-state index in [-0.39, 0.29) is 17.5 Å². The number of benzene rings is 1. The summed E-state index contributed by atoms with van der Waals surface area (Å²) >= 11 is 0. The number of anilines is 1. The van der Waals surface area contributed by atoms with Crippen LogP contribution in [0, 0.1) is 17.8 Å². The van der Waals surface area contributed by atoms with Gasteiger partial charge in [0.2, 0.25) is 5.91 Å². The van der Waals surface area contributed by atoms with Crippen LogP contribution in [0.1, 0.15) is 46.5 Å². The number of hydrogen-bond donors (Lipinski definition) is 3. The maximum Gasteiger partial charge on any atom is 0.408 e. The SMILES string of the molecule is CC(C)(C)OC(=O)N[C@H](C(=O)Nc1ccc(-n2cc[nH]c2=O)cc1)C(C1CC1)C1CC1. The molecular formula is C23H30N4O4. The first-order chi connectivity index (χ1) is 14.7. The zero-order chi connectivity index (χ0) is 22.2. The van der Waals surface area contributed by atoms with Crippen molar-refractivity contribution in [1.29, 1.82) is 0 Å². The minimum absolute atomic E-state index is 0.130. The van der Waals surface area contributed by atoms with Crippen LogP contribution in [0.4, 0.5) is 10.5 Å². The summed E-state index contributed by atoms with van der Waals surface area (Å²) in [5.41, 5.74) is 0.446. The second-order valence-corrected chi connectivity index (χ2v) is 9.55. The largest absolute Gasteiger partial charge is 0.444 e. The smallest absolute Gasteiger partial charge is 0.408 e. The lowest BCUT2D eigenvalue weighted by Gasteiger charge is -2.29. The summed E-state index contributed by atoms with van der Waals surface area (Å²) in [6.45, 7) is 5.41. The van der Waals surface area contributed by atoms with E-state index in [2.05, 4.69) is 15.6 Å². The van der Waals surface area contributed by atoms with Crippen molar-refractivity contribution in [3.63, 3.8) is 0 Å². The topological polar surface area (TPSA) is 105 Å². The van der Waals surface area contributed by atoms with Gasteiger partial charge in [-0.2, -0.15) is 0 Å². The van der Waals surface area contributed by atoms with Crippen LogP contribution in [0.3, 0.4) is 0 Å². The van der Waals surface area contributed by atoms with Crippen LogP contribution >= 0.6 is 0 Å². The van der Waals surface area contributed by atoms with Crippen LogP contribution < -0.4 is 16.3 Å². The fraction of sp³-hybridized carbons (Fsp3) is 0.522. The fourth-order valence-corrected chi connectivity index (χ4v) is 4.11. The molecule has 2 amide bonds. The molecule has 0 radical (unpaired) electrons. The van der Waals surface area contributed by atoms with Crippen molar-refractivity contribution >= 4 is 17.7 Å². The normalized spacial score (nSPS) is 17.3. The summed E-state index contributed by atoms with van der Waals surface area (Å²) in [5, 5.41) is 5.79. The van der Waals surface area contributed by atoms with Gasteiger partial charge in [-0.3, -0.25) is 9.36 Å². The predicted molar refractivity (Wildman–Crippen MR) is 117 cm³/mol. The van der Waals surface area contributed by atoms with Gasteiger partial charge in [-0.05, 0) is 88.5 Å². The van der Waals surface area contributed by atoms with E-state index >= 15 is 0 Å². The molecule has 1 atom stereocenters. The third-order valence-electron chi connectivity index (χ3n) is 5.73. The summed E-state index contributed by atoms with van der Waals surface area (Å²) in [6.07, 6.45) is 7.04. The van der Waals surface area contributed by atoms with Crippen molar-refractivity contribution in [3.05, 3.63) is 47.1 Å². The minimum atomic E-state index is -0.637. The second kappa shape index (κ2) is 8.24. The molecular weight excluding hydrogens is 396 g/mol. The minimum Gasteiger partial charge on any atom is -0.444 e. The van der Waals surface area contributed by atoms with E-state index in [4.69, 9.17) is 4.74 Å². The molecule has 2 aromatic rings. The monoisotopic (exact) mass is 426 g/mol. The molecule has 8 nitrogen and oxygen atoms in total. The van der Waals surface area contributed by atoms with Gasteiger partial charge in [-0.1, -0.05) is 0 Å². The van der Waals surface area contributed by atoms with Crippen LogP contribution in [0.25, 0.3) is 5.69 Å². The summed E-state index contributed by atoms with van der Waals surface area (Å²) in [7, 11) is 0. The highest BCUT2D eigenvalue weighted by molar-refractivity contribution is 5.97. The highest BCUT2D eigenvalue weighted by Gasteiger charge is 2.48. The third-order valence-corrected chi connectivity index (χ3v) is 5.73. The quantitative estimate of drug-likeness (QED) is 0.631. The Kier molecular flexibility index (Phi) is 5.64. The number of ether oxygens (including phenoxy) is 1. The van der Waals surface area contributed by atoms with E-state index in [0.717, 1.165) is 25.7 Å². The van der Waals surface area contributed by atoms with Crippen molar-refractivity contribution in [1.82, 2.24) is 14.9 Å². The van der Waals surface area contributed by atoms with Crippen molar-refractivity contribution in [2.24, 2.45) is 17.8 Å². The molecule has 166 valence electrons. The van der Waals surface area contributed by atoms with Crippen molar-refractivity contribution in [3.8, 4) is 5.69 Å². The van der Waals surface area contributed by atoms with Gasteiger partial charge in [0, 0.05) is 18.1 Å². The van der Waals surface area contributed by atoms with E-state index in [1.807, 2.05) is 0 Å². The number of nitrogens with one attached hydrogen (secondary N) is 3. The fourth-order valence-electron chi connectivity index (χ4n) is 4.11. The standard InChI is InChI=1S/C23H30N4O4/c1-23(2,3)31-22(30)26-19(18(14-4-5-14)15-6-7-15)20(28)25-16-8-10-17(11-9-16)27-13-12-24-21(27)29/h8-15,18-19H,4-7H2,1-3H3,(H,24,29)(H,25,28)(H,26,30)/t19-/m0/s1. The number of nitrogens with zero attached hydrogens (tertiary/aromatic N) is 1. The zero-order valence-corrected chi connectivity index (χ0v) is 18.2. The van der Waals surface area contributed by atoms with E-state index < -0.39 is 17.7 Å². The first-order valence-corrected chi connectivity index (χ1v) is 10.9. The molecule has 2 fully saturated rings. The number of imidazole rings is 1. The molecule has 1 aromatic heterocycles. The van der Waals surface area contributed by atoms with E-state index in [1.54, 1.807) is 57.4 Å². The highest BCUT2D eigenvalue weighted by atomic mass is 16.6. The van der Waals surface area contributed by atoms with Crippen LogP contribution in [-0.2, 0) is 9.53 Å². The van der Waals surface area contributed by atoms with E-state index in [0.29, 0.717) is 23.2 Å². The number of H-pyrrole nitrogens is 1. The number of hydrogen-bond acceptors (Lipinski definition) is 4. The average molecular weight is 427 g/mol. The molecule has 2 aliphatic rings. The van der Waals surface area contributed by atoms with Crippen LogP contribution in [0.5, 0.6) is 0 Å². The molecule has 1 heterocycles. The van der Waals surface area contributed by atoms with E-state index in [9.17, 15) is 14.4 Å². The molecule has 0 bridgehead atoms. The van der Waals surface area contributed by atoms with Crippen LogP contribution in [-0.4, -0.2) is 33.2 Å². The van der Waals surface area contributed by atoms with Gasteiger partial charge in [-0.25, -0.2) is 9.59 Å². The molecule has 3 N–H and O–H groups in total. The van der Waals surface area contributed by atoms with Crippen molar-refractivity contribution < 1.29 is 14.3 Å². The Labute approximate surface area is 181 Å². The Morgan fingerprint density at radius 3 is 2.19 bits per heavy atom. The predicted octanol–water partition coefficient (Wildman–Crippen LogP) is 3.43. The van der Waals surface area contributed by atoms with Gasteiger partial charge < -0.3 is 20.4 Å². The van der Waals surface area contributed by atoms with Gasteiger partial charge in [0.25, 0.3) is 0 Å². The summed E-state index contributed by atoms with van der Waals surface area (Å²) < 4.78 is 6.90. The Bertz CT molecular complexity index is 982. The van der Waals surface area contributed by atoms with Crippen LogP contribution in [0.2, 0.25) is 0 Å². The highest BCUT2D eigenvalue weighted by Crippen LogP contribution is 2.50.